The molecular weight excluding hydrogens is 1230 g/mol. The fourth-order valence-corrected chi connectivity index (χ4v) is 11.1. The zero-order chi connectivity index (χ0) is 66.5. The standard InChI is InChI=1S/C48H79N3O38/c1-12(59)49-23-14(61)3-47(45(75)76,87-38(23)26(65)16(63)5-52)86-19(8-55)29(68)39-24(51-22(64)11-58)15(62)4-48(88-39,46(77)78)89-40-28(67)18(7-54)81-44(34(40)73)85-37-25(50-13(2)60)42(80-17(6-53)27(37)66)83-36-21(10-57)82-43(33(72)31(36)70)84-35-20(9-56)79-41(74)32(71)30(35)69/h14-21,23-44,52-58,61-63,65-74H,3-11H2,1-2H3,(H,49,59)(H,50,60)(H,51,64)(H,75,76)(H,77,78)/t14-,15-,16+,17+,18+,19+,20+,21+,23+,24+,25+,26+,27-,28-,29+,30+,31+,32+,33+,34+,35+,36-,37+,38+,39+,40-,41+,42-,43-,44-,47+,48-/m0/s1. The van der Waals surface area contributed by atoms with Crippen LogP contribution >= 0.6 is 0 Å². The first-order valence-corrected chi connectivity index (χ1v) is 27.5. The van der Waals surface area contributed by atoms with E-state index in [1.165, 1.54) is 0 Å². The fraction of sp³-hybridized carbons (Fsp3) is 0.896. The highest BCUT2D eigenvalue weighted by atomic mass is 16.8. The molecule has 89 heavy (non-hydrogen) atoms. The highest BCUT2D eigenvalue weighted by Gasteiger charge is 2.63. The molecule has 0 aromatic carbocycles. The SMILES string of the molecule is CC(=O)N[C@H]1[C@H](O[C@@H]2[C@H](O)[C@@H](O)[C@H](O[C@H]3[C@H](O)[C@@H](O)[C@H](O)O[C@@H]3CO)O[C@@H]2CO)O[C@H](CO)[C@H](O)[C@@H]1O[C@@H]1O[C@H](CO)[C@H](O)[C@H](O[C@]2(C(=O)O)C[C@H](O)[C@@H](NC(=O)CO)[C@H]([C@H](O)[C@@H](CO)O[C@]3(C(=O)O)C[C@H](O)[C@@H](NC(C)=O)[C@H]([C@H](O)[C@H](O)CO)O3)O2)[C@H]1O. The molecule has 6 fully saturated rings. The van der Waals surface area contributed by atoms with Crippen molar-refractivity contribution in [2.45, 2.75) is 222 Å². The minimum Gasteiger partial charge on any atom is -0.477 e. The Morgan fingerprint density at radius 1 is 0.483 bits per heavy atom. The number of hydrogen-bond donors (Lipinski definition) is 25. The second kappa shape index (κ2) is 31.4. The molecule has 0 bridgehead atoms. The molecule has 32 atom stereocenters. The van der Waals surface area contributed by atoms with Gasteiger partial charge in [0, 0.05) is 26.7 Å². The zero-order valence-electron chi connectivity index (χ0n) is 47.1. The molecule has 0 aromatic rings. The van der Waals surface area contributed by atoms with Gasteiger partial charge in [-0.25, -0.2) is 9.59 Å². The van der Waals surface area contributed by atoms with Gasteiger partial charge in [-0.3, -0.25) is 14.4 Å². The van der Waals surface area contributed by atoms with Crippen LogP contribution in [0.1, 0.15) is 26.7 Å². The molecule has 6 saturated heterocycles. The Morgan fingerprint density at radius 2 is 0.921 bits per heavy atom. The molecule has 0 radical (unpaired) electrons. The van der Waals surface area contributed by atoms with Crippen LogP contribution in [-0.4, -0.2) is 384 Å². The third-order valence-corrected chi connectivity index (χ3v) is 15.7. The maximum absolute atomic E-state index is 13.6. The predicted molar refractivity (Wildman–Crippen MR) is 270 cm³/mol. The number of aliphatic carboxylic acids is 2. The van der Waals surface area contributed by atoms with Crippen LogP contribution in [-0.2, 0) is 76.1 Å². The second-order valence-corrected chi connectivity index (χ2v) is 21.8. The van der Waals surface area contributed by atoms with Crippen LogP contribution in [0.3, 0.4) is 0 Å². The molecule has 0 spiro atoms. The number of nitrogens with one attached hydrogen (secondary N) is 3. The number of aliphatic hydroxyl groups is 20. The van der Waals surface area contributed by atoms with Crippen molar-refractivity contribution in [2.75, 3.05) is 46.2 Å². The Kier molecular flexibility index (Phi) is 26.1. The maximum atomic E-state index is 13.6. The van der Waals surface area contributed by atoms with E-state index in [1.54, 1.807) is 0 Å². The van der Waals surface area contributed by atoms with Gasteiger partial charge in [-0.1, -0.05) is 0 Å². The van der Waals surface area contributed by atoms with E-state index in [1.807, 2.05) is 5.32 Å². The number of rotatable bonds is 26. The van der Waals surface area contributed by atoms with Gasteiger partial charge in [0.15, 0.2) is 25.2 Å². The number of carboxylic acid groups (broad SMARTS) is 2. The van der Waals surface area contributed by atoms with Crippen LogP contribution in [0.4, 0.5) is 0 Å². The van der Waals surface area contributed by atoms with Crippen molar-refractivity contribution in [2.24, 2.45) is 0 Å². The Hall–Kier alpha value is -3.89. The molecule has 0 unspecified atom stereocenters. The Morgan fingerprint density at radius 3 is 1.44 bits per heavy atom. The smallest absolute Gasteiger partial charge is 0.364 e. The molecule has 3 amide bonds. The Labute approximate surface area is 501 Å². The van der Waals surface area contributed by atoms with Crippen LogP contribution < -0.4 is 16.0 Å². The number of aliphatic hydroxyl groups excluding tert-OH is 20. The van der Waals surface area contributed by atoms with E-state index in [-0.39, 0.29) is 0 Å². The van der Waals surface area contributed by atoms with Crippen LogP contribution in [0, 0.1) is 0 Å². The number of carboxylic acids is 2. The first kappa shape index (κ1) is 74.2. The lowest BCUT2D eigenvalue weighted by atomic mass is 9.87. The van der Waals surface area contributed by atoms with Crippen LogP contribution in [0.15, 0.2) is 0 Å². The molecule has 514 valence electrons. The molecule has 6 aliphatic heterocycles. The predicted octanol–water partition coefficient (Wildman–Crippen LogP) is -16.3. The molecule has 6 rings (SSSR count). The van der Waals surface area contributed by atoms with Gasteiger partial charge in [-0.05, 0) is 0 Å². The van der Waals surface area contributed by atoms with Gasteiger partial charge in [0.05, 0.1) is 63.9 Å². The lowest BCUT2D eigenvalue weighted by Crippen LogP contribution is -2.72. The number of ether oxygens (including phenoxy) is 11. The van der Waals surface area contributed by atoms with Crippen molar-refractivity contribution in [3.63, 3.8) is 0 Å². The van der Waals surface area contributed by atoms with Crippen molar-refractivity contribution in [3.8, 4) is 0 Å². The highest BCUT2D eigenvalue weighted by Crippen LogP contribution is 2.41. The van der Waals surface area contributed by atoms with E-state index in [2.05, 4.69) is 10.6 Å². The fourth-order valence-electron chi connectivity index (χ4n) is 11.1. The highest BCUT2D eigenvalue weighted by molar-refractivity contribution is 5.78. The molecule has 0 aromatic heterocycles. The number of amides is 3. The molecule has 6 aliphatic rings. The van der Waals surface area contributed by atoms with Gasteiger partial charge in [0.2, 0.25) is 17.7 Å². The lowest BCUT2D eigenvalue weighted by molar-refractivity contribution is -0.389. The van der Waals surface area contributed by atoms with Gasteiger partial charge in [-0.15, -0.1) is 0 Å². The Balaban J connectivity index is 1.30. The molecular formula is C48H79N3O38. The van der Waals surface area contributed by atoms with Gasteiger partial charge < -0.3 is 180 Å². The lowest BCUT2D eigenvalue weighted by Gasteiger charge is -2.52. The third kappa shape index (κ3) is 16.0. The van der Waals surface area contributed by atoms with Crippen LogP contribution in [0.25, 0.3) is 0 Å². The molecule has 6 heterocycles. The van der Waals surface area contributed by atoms with E-state index in [0.717, 1.165) is 13.8 Å². The van der Waals surface area contributed by atoms with Gasteiger partial charge in [0.1, 0.15) is 141 Å². The third-order valence-electron chi connectivity index (χ3n) is 15.7. The molecule has 0 aliphatic carbocycles. The number of carbonyl (C=O) groups is 5. The van der Waals surface area contributed by atoms with Crippen LogP contribution in [0.2, 0.25) is 0 Å². The monoisotopic (exact) mass is 1310 g/mol. The van der Waals surface area contributed by atoms with Crippen LogP contribution in [0.5, 0.6) is 0 Å². The second-order valence-electron chi connectivity index (χ2n) is 21.8. The Bertz CT molecular complexity index is 2340. The van der Waals surface area contributed by atoms with Crippen molar-refractivity contribution in [1.82, 2.24) is 16.0 Å². The van der Waals surface area contributed by atoms with E-state index in [4.69, 9.17) is 52.1 Å². The summed E-state index contributed by atoms with van der Waals surface area (Å²) in [5, 5.41) is 244. The topological polar surface area (TPSA) is 668 Å². The largest absolute Gasteiger partial charge is 0.477 e. The summed E-state index contributed by atoms with van der Waals surface area (Å²) in [6.07, 6.45) is -61.7. The average molecular weight is 1310 g/mol. The number of carbonyl (C=O) groups excluding carboxylic acids is 3. The average Bonchev–Trinajstić information content (AvgIpc) is 0.854. The van der Waals surface area contributed by atoms with E-state index in [9.17, 15) is 136 Å². The van der Waals surface area contributed by atoms with Gasteiger partial charge in [0.25, 0.3) is 11.6 Å². The van der Waals surface area contributed by atoms with E-state index in [0.29, 0.717) is 0 Å². The maximum Gasteiger partial charge on any atom is 0.364 e. The molecule has 0 saturated carbocycles. The molecule has 41 nitrogen and oxygen atoms in total. The van der Waals surface area contributed by atoms with Gasteiger partial charge in [-0.2, -0.15) is 0 Å². The van der Waals surface area contributed by atoms with Crippen molar-refractivity contribution in [3.05, 3.63) is 0 Å². The van der Waals surface area contributed by atoms with Crippen molar-refractivity contribution in [1.29, 1.82) is 0 Å². The van der Waals surface area contributed by atoms with E-state index < -0.39 is 284 Å². The van der Waals surface area contributed by atoms with Gasteiger partial charge >= 0.3 is 11.9 Å². The summed E-state index contributed by atoms with van der Waals surface area (Å²) < 4.78 is 62.2. The van der Waals surface area contributed by atoms with E-state index >= 15 is 0 Å². The minimum absolute atomic E-state index is 0.895. The first-order valence-electron chi connectivity index (χ1n) is 27.5. The first-order chi connectivity index (χ1) is 41.8. The summed E-state index contributed by atoms with van der Waals surface area (Å²) >= 11 is 0. The summed E-state index contributed by atoms with van der Waals surface area (Å²) in [6, 6.07) is -5.87. The normalized spacial score (nSPS) is 44.2. The summed E-state index contributed by atoms with van der Waals surface area (Å²) in [7, 11) is 0. The minimum atomic E-state index is -3.56. The summed E-state index contributed by atoms with van der Waals surface area (Å²) in [5.74, 6) is -14.7. The summed E-state index contributed by atoms with van der Waals surface area (Å²) in [6.45, 7) is -6.75. The molecule has 25 N–H and O–H groups in total. The molecule has 41 heteroatoms. The summed E-state index contributed by atoms with van der Waals surface area (Å²) in [4.78, 5) is 64.3. The summed E-state index contributed by atoms with van der Waals surface area (Å²) in [5.41, 5.74) is 0. The quantitative estimate of drug-likeness (QED) is 0.0382. The van der Waals surface area contributed by atoms with Crippen molar-refractivity contribution >= 4 is 29.7 Å². The number of hydrogen-bond acceptors (Lipinski definition) is 36. The zero-order valence-corrected chi connectivity index (χ0v) is 47.1. The van der Waals surface area contributed by atoms with Crippen molar-refractivity contribution < 1.29 is 188 Å².